The van der Waals surface area contributed by atoms with Crippen molar-refractivity contribution >= 4 is 27.3 Å². The predicted molar refractivity (Wildman–Crippen MR) is 86.4 cm³/mol. The van der Waals surface area contributed by atoms with E-state index in [9.17, 15) is 0 Å². The second kappa shape index (κ2) is 5.78. The Bertz CT molecular complexity index is 608. The molecule has 2 aromatic rings. The standard InChI is InChI=1S/C16H17BrO2S/c1-10-8-18-13-4-3-12(7-14(13)19-9-10)15(17)16-11(2)5-6-20-16/h3-7,10,15H,8-9H2,1-2H3. The number of benzene rings is 1. The van der Waals surface area contributed by atoms with Crippen molar-refractivity contribution in [2.45, 2.75) is 18.7 Å². The molecule has 0 bridgehead atoms. The SMILES string of the molecule is Cc1ccsc1C(Br)c1ccc2c(c1)OCC(C)CO2. The number of aryl methyl sites for hydroxylation is 1. The molecule has 1 aliphatic heterocycles. The van der Waals surface area contributed by atoms with Crippen LogP contribution < -0.4 is 9.47 Å². The maximum absolute atomic E-state index is 5.86. The smallest absolute Gasteiger partial charge is 0.161 e. The van der Waals surface area contributed by atoms with Gasteiger partial charge in [-0.2, -0.15) is 0 Å². The normalized spacial score (nSPS) is 19.4. The van der Waals surface area contributed by atoms with Gasteiger partial charge in [0.2, 0.25) is 0 Å². The fourth-order valence-corrected chi connectivity index (χ4v) is 4.12. The summed E-state index contributed by atoms with van der Waals surface area (Å²) in [4.78, 5) is 1.55. The van der Waals surface area contributed by atoms with Gasteiger partial charge in [-0.25, -0.2) is 0 Å². The van der Waals surface area contributed by atoms with Crippen LogP contribution in [0.5, 0.6) is 11.5 Å². The average Bonchev–Trinajstić information content (AvgIpc) is 2.79. The lowest BCUT2D eigenvalue weighted by atomic mass is 10.1. The molecule has 1 aromatic carbocycles. The first kappa shape index (κ1) is 14.0. The van der Waals surface area contributed by atoms with Crippen molar-refractivity contribution in [3.63, 3.8) is 0 Å². The van der Waals surface area contributed by atoms with Crippen LogP contribution >= 0.6 is 27.3 Å². The lowest BCUT2D eigenvalue weighted by molar-refractivity contribution is 0.228. The molecule has 20 heavy (non-hydrogen) atoms. The Morgan fingerprint density at radius 3 is 2.65 bits per heavy atom. The molecular weight excluding hydrogens is 336 g/mol. The Balaban J connectivity index is 1.91. The molecule has 2 nitrogen and oxygen atoms in total. The Morgan fingerprint density at radius 1 is 1.20 bits per heavy atom. The van der Waals surface area contributed by atoms with Crippen LogP contribution in [0.4, 0.5) is 0 Å². The average molecular weight is 353 g/mol. The summed E-state index contributed by atoms with van der Waals surface area (Å²) in [5.41, 5.74) is 2.52. The molecule has 4 heteroatoms. The van der Waals surface area contributed by atoms with Crippen LogP contribution in [0.1, 0.15) is 27.8 Å². The molecule has 2 atom stereocenters. The van der Waals surface area contributed by atoms with Gasteiger partial charge in [0.1, 0.15) is 0 Å². The number of thiophene rings is 1. The Kier molecular flexibility index (Phi) is 4.03. The van der Waals surface area contributed by atoms with Crippen molar-refractivity contribution in [3.05, 3.63) is 45.6 Å². The molecule has 1 aliphatic rings. The van der Waals surface area contributed by atoms with Crippen LogP contribution in [0.15, 0.2) is 29.6 Å². The number of hydrogen-bond donors (Lipinski definition) is 0. The molecule has 0 saturated carbocycles. The van der Waals surface area contributed by atoms with E-state index in [4.69, 9.17) is 9.47 Å². The highest BCUT2D eigenvalue weighted by atomic mass is 79.9. The van der Waals surface area contributed by atoms with Crippen molar-refractivity contribution in [1.29, 1.82) is 0 Å². The van der Waals surface area contributed by atoms with E-state index in [0.29, 0.717) is 19.1 Å². The molecule has 2 heterocycles. The molecular formula is C16H17BrO2S. The molecule has 0 fully saturated rings. The van der Waals surface area contributed by atoms with Crippen LogP contribution in [0.25, 0.3) is 0 Å². The molecule has 0 amide bonds. The molecule has 0 N–H and O–H groups in total. The van der Waals surface area contributed by atoms with E-state index in [0.717, 1.165) is 11.5 Å². The minimum absolute atomic E-state index is 0.206. The van der Waals surface area contributed by atoms with Crippen molar-refractivity contribution in [2.24, 2.45) is 5.92 Å². The first-order valence-corrected chi connectivity index (χ1v) is 8.52. The topological polar surface area (TPSA) is 18.5 Å². The molecule has 0 spiro atoms. The maximum atomic E-state index is 5.86. The summed E-state index contributed by atoms with van der Waals surface area (Å²) in [6.07, 6.45) is 0. The fourth-order valence-electron chi connectivity index (χ4n) is 2.22. The highest BCUT2D eigenvalue weighted by Gasteiger charge is 2.19. The van der Waals surface area contributed by atoms with E-state index in [1.165, 1.54) is 16.0 Å². The molecule has 3 rings (SSSR count). The molecule has 106 valence electrons. The zero-order chi connectivity index (χ0) is 14.1. The van der Waals surface area contributed by atoms with E-state index < -0.39 is 0 Å². The zero-order valence-corrected chi connectivity index (χ0v) is 14.0. The predicted octanol–water partition coefficient (Wildman–Crippen LogP) is 4.95. The molecule has 0 radical (unpaired) electrons. The van der Waals surface area contributed by atoms with Crippen molar-refractivity contribution in [3.8, 4) is 11.5 Å². The van der Waals surface area contributed by atoms with Crippen LogP contribution in [0.2, 0.25) is 0 Å². The fraction of sp³-hybridized carbons (Fsp3) is 0.375. The van der Waals surface area contributed by atoms with Gasteiger partial charge in [-0.3, -0.25) is 0 Å². The largest absolute Gasteiger partial charge is 0.489 e. The van der Waals surface area contributed by atoms with Gasteiger partial charge >= 0.3 is 0 Å². The lowest BCUT2D eigenvalue weighted by Gasteiger charge is -2.13. The first-order chi connectivity index (χ1) is 9.65. The van der Waals surface area contributed by atoms with Crippen LogP contribution in [0, 0.1) is 12.8 Å². The van der Waals surface area contributed by atoms with Gasteiger partial charge in [-0.1, -0.05) is 28.9 Å². The third kappa shape index (κ3) is 2.72. The molecule has 0 saturated heterocycles. The summed E-state index contributed by atoms with van der Waals surface area (Å²) in [6, 6.07) is 8.36. The van der Waals surface area contributed by atoms with Gasteiger partial charge < -0.3 is 9.47 Å². The van der Waals surface area contributed by atoms with Gasteiger partial charge in [0.15, 0.2) is 11.5 Å². The monoisotopic (exact) mass is 352 g/mol. The zero-order valence-electron chi connectivity index (χ0n) is 11.6. The van der Waals surface area contributed by atoms with E-state index >= 15 is 0 Å². The van der Waals surface area contributed by atoms with Gasteiger partial charge in [0.05, 0.1) is 18.0 Å². The third-order valence-electron chi connectivity index (χ3n) is 3.44. The summed E-state index contributed by atoms with van der Waals surface area (Å²) in [6.45, 7) is 5.70. The minimum Gasteiger partial charge on any atom is -0.489 e. The Labute approximate surface area is 131 Å². The Hall–Kier alpha value is -1.00. The van der Waals surface area contributed by atoms with Gasteiger partial charge in [0, 0.05) is 10.8 Å². The summed E-state index contributed by atoms with van der Waals surface area (Å²) >= 11 is 5.57. The summed E-state index contributed by atoms with van der Waals surface area (Å²) in [7, 11) is 0. The second-order valence-corrected chi connectivity index (χ2v) is 7.13. The number of alkyl halides is 1. The highest BCUT2D eigenvalue weighted by molar-refractivity contribution is 9.09. The number of fused-ring (bicyclic) bond motifs is 1. The second-order valence-electron chi connectivity index (χ2n) is 5.26. The highest BCUT2D eigenvalue weighted by Crippen LogP contribution is 2.40. The summed E-state index contributed by atoms with van der Waals surface area (Å²) < 4.78 is 11.6. The first-order valence-electron chi connectivity index (χ1n) is 6.72. The van der Waals surface area contributed by atoms with Crippen LogP contribution in [-0.4, -0.2) is 13.2 Å². The summed E-state index contributed by atoms with van der Waals surface area (Å²) in [5.74, 6) is 2.12. The van der Waals surface area contributed by atoms with E-state index in [-0.39, 0.29) is 4.83 Å². The van der Waals surface area contributed by atoms with Gasteiger partial charge in [0.25, 0.3) is 0 Å². The van der Waals surface area contributed by atoms with E-state index in [1.807, 2.05) is 6.07 Å². The van der Waals surface area contributed by atoms with E-state index in [1.54, 1.807) is 11.3 Å². The Morgan fingerprint density at radius 2 is 1.95 bits per heavy atom. The number of rotatable bonds is 2. The van der Waals surface area contributed by atoms with E-state index in [2.05, 4.69) is 53.4 Å². The van der Waals surface area contributed by atoms with Crippen molar-refractivity contribution < 1.29 is 9.47 Å². The van der Waals surface area contributed by atoms with Crippen LogP contribution in [0.3, 0.4) is 0 Å². The lowest BCUT2D eigenvalue weighted by Crippen LogP contribution is -2.12. The third-order valence-corrected chi connectivity index (χ3v) is 5.81. The van der Waals surface area contributed by atoms with Gasteiger partial charge in [-0.05, 0) is 41.6 Å². The molecule has 1 aromatic heterocycles. The number of halogens is 1. The number of hydrogen-bond acceptors (Lipinski definition) is 3. The molecule has 0 aliphatic carbocycles. The van der Waals surface area contributed by atoms with Crippen molar-refractivity contribution in [2.75, 3.05) is 13.2 Å². The van der Waals surface area contributed by atoms with Crippen molar-refractivity contribution in [1.82, 2.24) is 0 Å². The van der Waals surface area contributed by atoms with Crippen LogP contribution in [-0.2, 0) is 0 Å². The quantitative estimate of drug-likeness (QED) is 0.712. The maximum Gasteiger partial charge on any atom is 0.161 e. The number of ether oxygens (including phenoxy) is 2. The summed E-state index contributed by atoms with van der Waals surface area (Å²) in [5, 5.41) is 2.13. The minimum atomic E-state index is 0.206. The molecule has 2 unspecified atom stereocenters. The van der Waals surface area contributed by atoms with Gasteiger partial charge in [-0.15, -0.1) is 11.3 Å².